The second-order valence-corrected chi connectivity index (χ2v) is 4.93. The molecule has 2 rings (SSSR count). The number of aryl methyl sites for hydroxylation is 1. The van der Waals surface area contributed by atoms with Crippen LogP contribution in [0.25, 0.3) is 0 Å². The van der Waals surface area contributed by atoms with E-state index >= 15 is 0 Å². The third-order valence-electron chi connectivity index (χ3n) is 2.70. The fourth-order valence-electron chi connectivity index (χ4n) is 1.69. The molecule has 0 bridgehead atoms. The highest BCUT2D eigenvalue weighted by Gasteiger charge is 2.20. The van der Waals surface area contributed by atoms with Gasteiger partial charge in [-0.3, -0.25) is 14.9 Å². The number of carbonyl (C=O) groups excluding carboxylic acids is 1. The minimum absolute atomic E-state index is 0.0274. The molecule has 8 heteroatoms. The maximum Gasteiger partial charge on any atom is 0.270 e. The third-order valence-corrected chi connectivity index (χ3v) is 3.33. The quantitative estimate of drug-likeness (QED) is 0.520. The van der Waals surface area contributed by atoms with Gasteiger partial charge < -0.3 is 5.32 Å². The normalized spacial score (nSPS) is 10.2. The van der Waals surface area contributed by atoms with Crippen LogP contribution in [0, 0.1) is 22.9 Å². The van der Waals surface area contributed by atoms with Crippen molar-refractivity contribution in [2.24, 2.45) is 0 Å². The van der Waals surface area contributed by atoms with Crippen molar-refractivity contribution in [1.29, 1.82) is 0 Å². The van der Waals surface area contributed by atoms with E-state index in [2.05, 4.69) is 26.2 Å². The van der Waals surface area contributed by atoms with E-state index in [9.17, 15) is 19.3 Å². The molecule has 21 heavy (non-hydrogen) atoms. The molecule has 0 aliphatic heterocycles. The van der Waals surface area contributed by atoms with E-state index < -0.39 is 22.2 Å². The molecule has 0 fully saturated rings. The zero-order valence-electron chi connectivity index (χ0n) is 10.8. The van der Waals surface area contributed by atoms with Gasteiger partial charge >= 0.3 is 0 Å². The topological polar surface area (TPSA) is 85.1 Å². The minimum Gasteiger partial charge on any atom is -0.320 e. The molecule has 0 saturated heterocycles. The zero-order chi connectivity index (χ0) is 15.6. The predicted octanol–water partition coefficient (Wildman–Crippen LogP) is 3.45. The number of anilines is 1. The predicted molar refractivity (Wildman–Crippen MR) is 77.7 cm³/mol. The molecule has 0 saturated carbocycles. The van der Waals surface area contributed by atoms with Crippen molar-refractivity contribution in [3.05, 3.63) is 62.1 Å². The minimum atomic E-state index is -0.793. The number of non-ortho nitro benzene ring substituents is 1. The number of nitro groups is 1. The van der Waals surface area contributed by atoms with E-state index in [0.717, 1.165) is 12.1 Å². The van der Waals surface area contributed by atoms with Crippen molar-refractivity contribution < 1.29 is 14.1 Å². The van der Waals surface area contributed by atoms with Gasteiger partial charge in [-0.05, 0) is 40.5 Å². The molecule has 1 N–H and O–H groups in total. The number of nitrogens with zero attached hydrogens (tertiary/aromatic N) is 2. The van der Waals surface area contributed by atoms with E-state index in [1.165, 1.54) is 13.1 Å². The molecule has 1 amide bonds. The molecular weight excluding hydrogens is 345 g/mol. The number of nitrogens with one attached hydrogen (secondary N) is 1. The summed E-state index contributed by atoms with van der Waals surface area (Å²) < 4.78 is 14.4. The van der Waals surface area contributed by atoms with Gasteiger partial charge in [-0.25, -0.2) is 9.37 Å². The molecule has 108 valence electrons. The number of rotatable bonds is 3. The highest BCUT2D eigenvalue weighted by Crippen LogP contribution is 2.24. The summed E-state index contributed by atoms with van der Waals surface area (Å²) in [5, 5.41) is 13.2. The first-order valence-corrected chi connectivity index (χ1v) is 6.56. The number of pyridine rings is 1. The van der Waals surface area contributed by atoms with Crippen molar-refractivity contribution in [3.63, 3.8) is 0 Å². The average Bonchev–Trinajstić information content (AvgIpc) is 2.43. The van der Waals surface area contributed by atoms with E-state index in [1.807, 2.05) is 0 Å². The van der Waals surface area contributed by atoms with Crippen LogP contribution in [0.15, 0.2) is 35.1 Å². The Morgan fingerprint density at radius 3 is 2.81 bits per heavy atom. The molecule has 1 aromatic carbocycles. The average molecular weight is 354 g/mol. The Kier molecular flexibility index (Phi) is 4.27. The highest BCUT2D eigenvalue weighted by molar-refractivity contribution is 9.10. The Bertz CT molecular complexity index is 737. The van der Waals surface area contributed by atoms with Gasteiger partial charge in [-0.1, -0.05) is 0 Å². The lowest BCUT2D eigenvalue weighted by molar-refractivity contribution is -0.385. The van der Waals surface area contributed by atoms with Crippen molar-refractivity contribution in [2.75, 3.05) is 5.32 Å². The summed E-state index contributed by atoms with van der Waals surface area (Å²) in [5.41, 5.74) is -0.368. The first-order valence-electron chi connectivity index (χ1n) is 5.76. The van der Waals surface area contributed by atoms with Crippen LogP contribution in [-0.4, -0.2) is 15.8 Å². The van der Waals surface area contributed by atoms with Gasteiger partial charge in [-0.15, -0.1) is 0 Å². The maximum atomic E-state index is 14.0. The maximum absolute atomic E-state index is 14.0. The van der Waals surface area contributed by atoms with Crippen LogP contribution in [-0.2, 0) is 0 Å². The van der Waals surface area contributed by atoms with Gasteiger partial charge in [-0.2, -0.15) is 0 Å². The summed E-state index contributed by atoms with van der Waals surface area (Å²) >= 11 is 3.14. The second-order valence-electron chi connectivity index (χ2n) is 4.18. The molecule has 0 unspecified atom stereocenters. The van der Waals surface area contributed by atoms with Crippen LogP contribution < -0.4 is 5.32 Å². The van der Waals surface area contributed by atoms with Gasteiger partial charge in [0, 0.05) is 18.3 Å². The first kappa shape index (κ1) is 15.0. The van der Waals surface area contributed by atoms with E-state index in [4.69, 9.17) is 0 Å². The molecule has 0 aliphatic carbocycles. The lowest BCUT2D eigenvalue weighted by atomic mass is 10.1. The van der Waals surface area contributed by atoms with Crippen LogP contribution in [0.4, 0.5) is 15.8 Å². The fourth-order valence-corrected chi connectivity index (χ4v) is 2.04. The standard InChI is InChI=1S/C13H9BrFN3O3/c1-7-5-8(18(20)21)6-9(11(7)15)13(19)17-10-3-2-4-16-12(10)14/h2-6H,1H3,(H,17,19). The number of benzene rings is 1. The molecule has 1 aromatic heterocycles. The summed E-state index contributed by atoms with van der Waals surface area (Å²) in [4.78, 5) is 26.1. The van der Waals surface area contributed by atoms with Crippen LogP contribution in [0.5, 0.6) is 0 Å². The molecule has 0 aliphatic rings. The molecule has 0 spiro atoms. The number of hydrogen-bond acceptors (Lipinski definition) is 4. The summed E-state index contributed by atoms with van der Waals surface area (Å²) in [6.45, 7) is 1.36. The van der Waals surface area contributed by atoms with Crippen LogP contribution >= 0.6 is 15.9 Å². The monoisotopic (exact) mass is 353 g/mol. The van der Waals surface area contributed by atoms with Gasteiger partial charge in [0.1, 0.15) is 10.4 Å². The molecule has 0 atom stereocenters. The van der Waals surface area contributed by atoms with Gasteiger partial charge in [0.2, 0.25) is 0 Å². The molecule has 6 nitrogen and oxygen atoms in total. The number of carbonyl (C=O) groups is 1. The zero-order valence-corrected chi connectivity index (χ0v) is 12.3. The Morgan fingerprint density at radius 2 is 2.19 bits per heavy atom. The summed E-state index contributed by atoms with van der Waals surface area (Å²) in [6.07, 6.45) is 1.51. The summed E-state index contributed by atoms with van der Waals surface area (Å²) in [6, 6.07) is 5.14. The summed E-state index contributed by atoms with van der Waals surface area (Å²) in [5.74, 6) is -1.58. The Labute approximate surface area is 127 Å². The highest BCUT2D eigenvalue weighted by atomic mass is 79.9. The first-order chi connectivity index (χ1) is 9.90. The van der Waals surface area contributed by atoms with Crippen LogP contribution in [0.2, 0.25) is 0 Å². The van der Waals surface area contributed by atoms with E-state index in [-0.39, 0.29) is 11.3 Å². The van der Waals surface area contributed by atoms with Gasteiger partial charge in [0.15, 0.2) is 0 Å². The number of aromatic nitrogens is 1. The van der Waals surface area contributed by atoms with E-state index in [0.29, 0.717) is 10.3 Å². The Balaban J connectivity index is 2.39. The second kappa shape index (κ2) is 5.96. The van der Waals surface area contributed by atoms with Crippen molar-refractivity contribution in [1.82, 2.24) is 4.98 Å². The van der Waals surface area contributed by atoms with Crippen LogP contribution in [0.3, 0.4) is 0 Å². The number of amides is 1. The SMILES string of the molecule is Cc1cc([N+](=O)[O-])cc(C(=O)Nc2cccnc2Br)c1F. The smallest absolute Gasteiger partial charge is 0.270 e. The van der Waals surface area contributed by atoms with Crippen molar-refractivity contribution in [2.45, 2.75) is 6.92 Å². The number of hydrogen-bond donors (Lipinski definition) is 1. The number of nitro benzene ring substituents is 1. The summed E-state index contributed by atoms with van der Waals surface area (Å²) in [7, 11) is 0. The molecular formula is C13H9BrFN3O3. The molecule has 2 aromatic rings. The van der Waals surface area contributed by atoms with Gasteiger partial charge in [0.05, 0.1) is 16.2 Å². The molecule has 0 radical (unpaired) electrons. The lowest BCUT2D eigenvalue weighted by Crippen LogP contribution is -2.15. The Morgan fingerprint density at radius 1 is 1.48 bits per heavy atom. The van der Waals surface area contributed by atoms with E-state index in [1.54, 1.807) is 12.1 Å². The third kappa shape index (κ3) is 3.22. The van der Waals surface area contributed by atoms with Crippen LogP contribution in [0.1, 0.15) is 15.9 Å². The number of halogens is 2. The Hall–Kier alpha value is -2.35. The largest absolute Gasteiger partial charge is 0.320 e. The van der Waals surface area contributed by atoms with Crippen molar-refractivity contribution in [3.8, 4) is 0 Å². The molecule has 1 heterocycles. The van der Waals surface area contributed by atoms with Crippen molar-refractivity contribution >= 4 is 33.2 Å². The fraction of sp³-hybridized carbons (Fsp3) is 0.0769. The van der Waals surface area contributed by atoms with Gasteiger partial charge in [0.25, 0.3) is 11.6 Å². The lowest BCUT2D eigenvalue weighted by Gasteiger charge is -2.08.